The second kappa shape index (κ2) is 4.63. The quantitative estimate of drug-likeness (QED) is 0.725. The highest BCUT2D eigenvalue weighted by molar-refractivity contribution is 4.84. The maximum absolute atomic E-state index is 3.47. The van der Waals surface area contributed by atoms with Crippen molar-refractivity contribution >= 4 is 0 Å². The number of rotatable bonds is 2. The zero-order valence-electron chi connectivity index (χ0n) is 9.52. The maximum atomic E-state index is 3.47. The molecule has 1 heterocycles. The molecule has 0 amide bonds. The van der Waals surface area contributed by atoms with Crippen LogP contribution in [0.1, 0.15) is 39.0 Å². The van der Waals surface area contributed by atoms with Gasteiger partial charge in [0.05, 0.1) is 0 Å². The lowest BCUT2D eigenvalue weighted by Gasteiger charge is -2.31. The van der Waals surface area contributed by atoms with Crippen LogP contribution in [-0.4, -0.2) is 37.6 Å². The first-order chi connectivity index (χ1) is 6.79. The molecule has 2 fully saturated rings. The summed E-state index contributed by atoms with van der Waals surface area (Å²) < 4.78 is 0. The minimum Gasteiger partial charge on any atom is -0.315 e. The molecular weight excluding hydrogens is 172 g/mol. The molecule has 0 unspecified atom stereocenters. The van der Waals surface area contributed by atoms with E-state index < -0.39 is 0 Å². The molecule has 14 heavy (non-hydrogen) atoms. The van der Waals surface area contributed by atoms with E-state index in [-0.39, 0.29) is 0 Å². The van der Waals surface area contributed by atoms with Gasteiger partial charge in [0.1, 0.15) is 0 Å². The van der Waals surface area contributed by atoms with Crippen LogP contribution in [-0.2, 0) is 0 Å². The Morgan fingerprint density at radius 3 is 2.64 bits per heavy atom. The van der Waals surface area contributed by atoms with Crippen molar-refractivity contribution in [1.82, 2.24) is 10.2 Å². The van der Waals surface area contributed by atoms with Crippen molar-refractivity contribution in [3.8, 4) is 0 Å². The van der Waals surface area contributed by atoms with Crippen LogP contribution in [0.15, 0.2) is 0 Å². The second-order valence-corrected chi connectivity index (χ2v) is 5.40. The van der Waals surface area contributed by atoms with Gasteiger partial charge in [-0.1, -0.05) is 19.8 Å². The summed E-state index contributed by atoms with van der Waals surface area (Å²) in [5.41, 5.74) is 0.643. The van der Waals surface area contributed by atoms with E-state index in [0.717, 1.165) is 0 Å². The average molecular weight is 196 g/mol. The Morgan fingerprint density at radius 2 is 1.86 bits per heavy atom. The summed E-state index contributed by atoms with van der Waals surface area (Å²) in [6, 6.07) is 0. The summed E-state index contributed by atoms with van der Waals surface area (Å²) in [5, 5.41) is 3.47. The highest BCUT2D eigenvalue weighted by atomic mass is 15.2. The Morgan fingerprint density at radius 1 is 1.07 bits per heavy atom. The van der Waals surface area contributed by atoms with Crippen LogP contribution in [0.25, 0.3) is 0 Å². The average Bonchev–Trinajstić information content (AvgIpc) is 2.43. The third kappa shape index (κ3) is 2.71. The van der Waals surface area contributed by atoms with Crippen molar-refractivity contribution in [2.24, 2.45) is 5.41 Å². The fourth-order valence-electron chi connectivity index (χ4n) is 2.99. The molecule has 0 aromatic heterocycles. The van der Waals surface area contributed by atoms with Crippen LogP contribution in [0.4, 0.5) is 0 Å². The Hall–Kier alpha value is -0.0800. The molecule has 2 rings (SSSR count). The van der Waals surface area contributed by atoms with Crippen molar-refractivity contribution in [3.05, 3.63) is 0 Å². The normalized spacial score (nSPS) is 28.9. The first-order valence-corrected chi connectivity index (χ1v) is 6.22. The van der Waals surface area contributed by atoms with Gasteiger partial charge in [-0.2, -0.15) is 0 Å². The van der Waals surface area contributed by atoms with Crippen LogP contribution in [0, 0.1) is 5.41 Å². The van der Waals surface area contributed by atoms with Crippen LogP contribution in [0.5, 0.6) is 0 Å². The van der Waals surface area contributed by atoms with Crippen molar-refractivity contribution in [1.29, 1.82) is 0 Å². The fourth-order valence-corrected chi connectivity index (χ4v) is 2.99. The minimum atomic E-state index is 0.643. The third-order valence-electron chi connectivity index (χ3n) is 3.85. The Balaban J connectivity index is 1.82. The van der Waals surface area contributed by atoms with E-state index in [2.05, 4.69) is 17.1 Å². The lowest BCUT2D eigenvalue weighted by atomic mass is 9.88. The molecule has 0 aromatic carbocycles. The topological polar surface area (TPSA) is 15.3 Å². The molecule has 1 saturated carbocycles. The predicted octanol–water partition coefficient (Wildman–Crippen LogP) is 1.86. The highest BCUT2D eigenvalue weighted by Gasteiger charge is 2.30. The SMILES string of the molecule is CC1(CN2CCCNCC2)CCCC1. The Labute approximate surface area is 88.1 Å². The standard InChI is InChI=1S/C12H24N2/c1-12(5-2-3-6-12)11-14-9-4-7-13-8-10-14/h13H,2-11H2,1H3. The van der Waals surface area contributed by atoms with Gasteiger partial charge in [0, 0.05) is 19.6 Å². The number of hydrogen-bond acceptors (Lipinski definition) is 2. The summed E-state index contributed by atoms with van der Waals surface area (Å²) in [5.74, 6) is 0. The molecular formula is C12H24N2. The fraction of sp³-hybridized carbons (Fsp3) is 1.00. The zero-order chi connectivity index (χ0) is 9.86. The van der Waals surface area contributed by atoms with Gasteiger partial charge in [0.2, 0.25) is 0 Å². The van der Waals surface area contributed by atoms with E-state index in [9.17, 15) is 0 Å². The molecule has 1 aliphatic heterocycles. The molecule has 0 spiro atoms. The first-order valence-electron chi connectivity index (χ1n) is 6.22. The molecule has 2 heteroatoms. The largest absolute Gasteiger partial charge is 0.315 e. The van der Waals surface area contributed by atoms with Crippen molar-refractivity contribution < 1.29 is 0 Å². The van der Waals surface area contributed by atoms with E-state index in [1.807, 2.05) is 0 Å². The summed E-state index contributed by atoms with van der Waals surface area (Å²) in [6.45, 7) is 8.80. The van der Waals surface area contributed by atoms with Crippen LogP contribution >= 0.6 is 0 Å². The van der Waals surface area contributed by atoms with Crippen molar-refractivity contribution in [3.63, 3.8) is 0 Å². The van der Waals surface area contributed by atoms with Gasteiger partial charge in [0.25, 0.3) is 0 Å². The third-order valence-corrected chi connectivity index (χ3v) is 3.85. The van der Waals surface area contributed by atoms with E-state index in [4.69, 9.17) is 0 Å². The maximum Gasteiger partial charge on any atom is 0.0107 e. The molecule has 1 N–H and O–H groups in total. The van der Waals surface area contributed by atoms with Crippen LogP contribution in [0.3, 0.4) is 0 Å². The van der Waals surface area contributed by atoms with E-state index >= 15 is 0 Å². The molecule has 2 aliphatic rings. The summed E-state index contributed by atoms with van der Waals surface area (Å²) in [7, 11) is 0. The number of nitrogens with one attached hydrogen (secondary N) is 1. The van der Waals surface area contributed by atoms with Gasteiger partial charge in [-0.15, -0.1) is 0 Å². The molecule has 2 nitrogen and oxygen atoms in total. The Bertz CT molecular complexity index is 165. The number of hydrogen-bond donors (Lipinski definition) is 1. The lowest BCUT2D eigenvalue weighted by Crippen LogP contribution is -2.36. The second-order valence-electron chi connectivity index (χ2n) is 5.40. The van der Waals surface area contributed by atoms with Crippen molar-refractivity contribution in [2.75, 3.05) is 32.7 Å². The van der Waals surface area contributed by atoms with E-state index in [1.165, 1.54) is 64.8 Å². The number of nitrogens with zero attached hydrogens (tertiary/aromatic N) is 1. The lowest BCUT2D eigenvalue weighted by molar-refractivity contribution is 0.175. The molecule has 1 saturated heterocycles. The monoisotopic (exact) mass is 196 g/mol. The van der Waals surface area contributed by atoms with Crippen LogP contribution < -0.4 is 5.32 Å². The summed E-state index contributed by atoms with van der Waals surface area (Å²) in [4.78, 5) is 2.67. The van der Waals surface area contributed by atoms with E-state index in [1.54, 1.807) is 0 Å². The Kier molecular flexibility index (Phi) is 3.45. The highest BCUT2D eigenvalue weighted by Crippen LogP contribution is 2.38. The smallest absolute Gasteiger partial charge is 0.0107 e. The van der Waals surface area contributed by atoms with Gasteiger partial charge < -0.3 is 10.2 Å². The molecule has 82 valence electrons. The zero-order valence-corrected chi connectivity index (χ0v) is 9.52. The molecule has 0 bridgehead atoms. The van der Waals surface area contributed by atoms with Gasteiger partial charge in [0.15, 0.2) is 0 Å². The summed E-state index contributed by atoms with van der Waals surface area (Å²) >= 11 is 0. The van der Waals surface area contributed by atoms with Gasteiger partial charge >= 0.3 is 0 Å². The molecule has 0 radical (unpaired) electrons. The molecule has 0 aromatic rings. The summed E-state index contributed by atoms with van der Waals surface area (Å²) in [6.07, 6.45) is 7.16. The van der Waals surface area contributed by atoms with Crippen molar-refractivity contribution in [2.45, 2.75) is 39.0 Å². The predicted molar refractivity (Wildman–Crippen MR) is 60.5 cm³/mol. The van der Waals surface area contributed by atoms with E-state index in [0.29, 0.717) is 5.41 Å². The first kappa shape index (κ1) is 10.4. The van der Waals surface area contributed by atoms with Crippen LogP contribution in [0.2, 0.25) is 0 Å². The van der Waals surface area contributed by atoms with Gasteiger partial charge in [-0.05, 0) is 37.8 Å². The van der Waals surface area contributed by atoms with Gasteiger partial charge in [-0.3, -0.25) is 0 Å². The molecule has 1 aliphatic carbocycles. The minimum absolute atomic E-state index is 0.643. The molecule has 0 atom stereocenters. The van der Waals surface area contributed by atoms with Gasteiger partial charge in [-0.25, -0.2) is 0 Å².